The molecule has 0 spiro atoms. The van der Waals surface area contributed by atoms with Gasteiger partial charge in [-0.2, -0.15) is 0 Å². The molecule has 0 radical (unpaired) electrons. The van der Waals surface area contributed by atoms with Crippen LogP contribution in [-0.4, -0.2) is 13.1 Å². The lowest BCUT2D eigenvalue weighted by Gasteiger charge is -2.18. The first kappa shape index (κ1) is 10.6. The SMILES string of the molecule is CCC[C@@H]1CNC[C@H]1c1cccc(F)c1. The van der Waals surface area contributed by atoms with Crippen LogP contribution in [0.3, 0.4) is 0 Å². The molecular formula is C13H18FN. The molecule has 0 aliphatic carbocycles. The molecule has 2 heteroatoms. The van der Waals surface area contributed by atoms with Gasteiger partial charge in [0.1, 0.15) is 5.82 Å². The van der Waals surface area contributed by atoms with Crippen molar-refractivity contribution in [3.63, 3.8) is 0 Å². The molecule has 0 bridgehead atoms. The van der Waals surface area contributed by atoms with E-state index in [0.717, 1.165) is 18.7 Å². The van der Waals surface area contributed by atoms with Crippen molar-refractivity contribution < 1.29 is 4.39 Å². The van der Waals surface area contributed by atoms with E-state index in [4.69, 9.17) is 0 Å². The molecule has 0 saturated carbocycles. The Bertz CT molecular complexity index is 324. The lowest BCUT2D eigenvalue weighted by Crippen LogP contribution is -2.10. The van der Waals surface area contributed by atoms with Crippen LogP contribution in [-0.2, 0) is 0 Å². The first-order valence-electron chi connectivity index (χ1n) is 5.77. The van der Waals surface area contributed by atoms with E-state index in [2.05, 4.69) is 12.2 Å². The minimum Gasteiger partial charge on any atom is -0.316 e. The van der Waals surface area contributed by atoms with Crippen LogP contribution in [0.15, 0.2) is 24.3 Å². The number of rotatable bonds is 3. The van der Waals surface area contributed by atoms with E-state index >= 15 is 0 Å². The van der Waals surface area contributed by atoms with Gasteiger partial charge in [0.2, 0.25) is 0 Å². The van der Waals surface area contributed by atoms with E-state index in [1.807, 2.05) is 12.1 Å². The van der Waals surface area contributed by atoms with E-state index in [0.29, 0.717) is 11.8 Å². The molecule has 1 aliphatic rings. The van der Waals surface area contributed by atoms with Crippen LogP contribution >= 0.6 is 0 Å². The third-order valence-corrected chi connectivity index (χ3v) is 3.28. The maximum atomic E-state index is 13.1. The predicted molar refractivity (Wildman–Crippen MR) is 60.4 cm³/mol. The van der Waals surface area contributed by atoms with E-state index in [1.165, 1.54) is 18.9 Å². The number of hydrogen-bond donors (Lipinski definition) is 1. The predicted octanol–water partition coefficient (Wildman–Crippen LogP) is 2.93. The van der Waals surface area contributed by atoms with E-state index in [1.54, 1.807) is 6.07 Å². The second kappa shape index (κ2) is 4.75. The summed E-state index contributed by atoms with van der Waals surface area (Å²) in [6, 6.07) is 7.05. The van der Waals surface area contributed by atoms with Crippen LogP contribution in [0, 0.1) is 11.7 Å². The molecule has 1 aliphatic heterocycles. The number of benzene rings is 1. The molecule has 15 heavy (non-hydrogen) atoms. The van der Waals surface area contributed by atoms with Crippen molar-refractivity contribution in [3.05, 3.63) is 35.6 Å². The summed E-state index contributed by atoms with van der Waals surface area (Å²) in [7, 11) is 0. The van der Waals surface area contributed by atoms with Crippen molar-refractivity contribution >= 4 is 0 Å². The van der Waals surface area contributed by atoms with Crippen molar-refractivity contribution in [1.82, 2.24) is 5.32 Å². The van der Waals surface area contributed by atoms with Gasteiger partial charge in [-0.1, -0.05) is 25.5 Å². The third kappa shape index (κ3) is 2.37. The molecule has 1 aromatic carbocycles. The van der Waals surface area contributed by atoms with Gasteiger partial charge >= 0.3 is 0 Å². The molecule has 2 rings (SSSR count). The summed E-state index contributed by atoms with van der Waals surface area (Å²) in [6.45, 7) is 4.28. The molecule has 1 saturated heterocycles. The summed E-state index contributed by atoms with van der Waals surface area (Å²) in [5.41, 5.74) is 1.15. The highest BCUT2D eigenvalue weighted by Gasteiger charge is 2.27. The van der Waals surface area contributed by atoms with E-state index in [-0.39, 0.29) is 5.82 Å². The smallest absolute Gasteiger partial charge is 0.123 e. The van der Waals surface area contributed by atoms with Crippen LogP contribution in [0.5, 0.6) is 0 Å². The topological polar surface area (TPSA) is 12.0 Å². The summed E-state index contributed by atoms with van der Waals surface area (Å²) in [6.07, 6.45) is 2.44. The van der Waals surface area contributed by atoms with Crippen molar-refractivity contribution in [2.75, 3.05) is 13.1 Å². The van der Waals surface area contributed by atoms with Crippen molar-refractivity contribution in [1.29, 1.82) is 0 Å². The summed E-state index contributed by atoms with van der Waals surface area (Å²) in [4.78, 5) is 0. The number of halogens is 1. The Morgan fingerprint density at radius 2 is 2.27 bits per heavy atom. The molecule has 82 valence electrons. The Morgan fingerprint density at radius 1 is 1.40 bits per heavy atom. The highest BCUT2D eigenvalue weighted by Crippen LogP contribution is 2.31. The van der Waals surface area contributed by atoms with Crippen molar-refractivity contribution in [2.24, 2.45) is 5.92 Å². The number of nitrogens with one attached hydrogen (secondary N) is 1. The van der Waals surface area contributed by atoms with Gasteiger partial charge in [0.25, 0.3) is 0 Å². The van der Waals surface area contributed by atoms with Crippen LogP contribution in [0.2, 0.25) is 0 Å². The molecule has 0 amide bonds. The standard InChI is InChI=1S/C13H18FN/c1-2-4-11-8-15-9-13(11)10-5-3-6-12(14)7-10/h3,5-7,11,13,15H,2,4,8-9H2,1H3/t11-,13+/m1/s1. The fourth-order valence-electron chi connectivity index (χ4n) is 2.53. The summed E-state index contributed by atoms with van der Waals surface area (Å²) >= 11 is 0. The highest BCUT2D eigenvalue weighted by molar-refractivity contribution is 5.23. The second-order valence-electron chi connectivity index (χ2n) is 4.37. The lowest BCUT2D eigenvalue weighted by atomic mass is 9.86. The minimum absolute atomic E-state index is 0.116. The summed E-state index contributed by atoms with van der Waals surface area (Å²) in [5.74, 6) is 1.06. The molecule has 1 aromatic rings. The second-order valence-corrected chi connectivity index (χ2v) is 4.37. The van der Waals surface area contributed by atoms with Gasteiger partial charge in [-0.3, -0.25) is 0 Å². The van der Waals surface area contributed by atoms with Gasteiger partial charge in [-0.25, -0.2) is 4.39 Å². The lowest BCUT2D eigenvalue weighted by molar-refractivity contribution is 0.472. The normalized spacial score (nSPS) is 25.7. The fraction of sp³-hybridized carbons (Fsp3) is 0.538. The van der Waals surface area contributed by atoms with Crippen LogP contribution in [0.25, 0.3) is 0 Å². The summed E-state index contributed by atoms with van der Waals surface area (Å²) < 4.78 is 13.1. The highest BCUT2D eigenvalue weighted by atomic mass is 19.1. The van der Waals surface area contributed by atoms with Gasteiger partial charge in [0, 0.05) is 12.5 Å². The van der Waals surface area contributed by atoms with Crippen LogP contribution < -0.4 is 5.32 Å². The first-order valence-corrected chi connectivity index (χ1v) is 5.77. The summed E-state index contributed by atoms with van der Waals surface area (Å²) in [5, 5.41) is 3.40. The Hall–Kier alpha value is -0.890. The Balaban J connectivity index is 2.15. The van der Waals surface area contributed by atoms with Crippen LogP contribution in [0.1, 0.15) is 31.2 Å². The van der Waals surface area contributed by atoms with E-state index < -0.39 is 0 Å². The average Bonchev–Trinajstić information content (AvgIpc) is 2.66. The zero-order valence-corrected chi connectivity index (χ0v) is 9.17. The largest absolute Gasteiger partial charge is 0.316 e. The zero-order valence-electron chi connectivity index (χ0n) is 9.17. The molecule has 1 heterocycles. The molecule has 0 aromatic heterocycles. The monoisotopic (exact) mass is 207 g/mol. The van der Waals surface area contributed by atoms with Gasteiger partial charge in [-0.05, 0) is 36.6 Å². The Labute approximate surface area is 90.7 Å². The fourth-order valence-corrected chi connectivity index (χ4v) is 2.53. The number of hydrogen-bond acceptors (Lipinski definition) is 1. The van der Waals surface area contributed by atoms with Gasteiger partial charge in [0.05, 0.1) is 0 Å². The average molecular weight is 207 g/mol. The maximum absolute atomic E-state index is 13.1. The molecule has 2 atom stereocenters. The molecule has 1 fully saturated rings. The maximum Gasteiger partial charge on any atom is 0.123 e. The Morgan fingerprint density at radius 3 is 3.00 bits per heavy atom. The van der Waals surface area contributed by atoms with Crippen LogP contribution in [0.4, 0.5) is 4.39 Å². The minimum atomic E-state index is -0.116. The molecule has 1 nitrogen and oxygen atoms in total. The van der Waals surface area contributed by atoms with Gasteiger partial charge in [-0.15, -0.1) is 0 Å². The molecule has 1 N–H and O–H groups in total. The molecular weight excluding hydrogens is 189 g/mol. The van der Waals surface area contributed by atoms with Crippen molar-refractivity contribution in [2.45, 2.75) is 25.7 Å². The quantitative estimate of drug-likeness (QED) is 0.803. The zero-order chi connectivity index (χ0) is 10.7. The molecule has 0 unspecified atom stereocenters. The third-order valence-electron chi connectivity index (χ3n) is 3.28. The Kier molecular flexibility index (Phi) is 3.37. The van der Waals surface area contributed by atoms with E-state index in [9.17, 15) is 4.39 Å². The first-order chi connectivity index (χ1) is 7.31. The van der Waals surface area contributed by atoms with Gasteiger partial charge < -0.3 is 5.32 Å². The van der Waals surface area contributed by atoms with Gasteiger partial charge in [0.15, 0.2) is 0 Å². The van der Waals surface area contributed by atoms with Crippen molar-refractivity contribution in [3.8, 4) is 0 Å².